The molecule has 1 amide bonds. The minimum absolute atomic E-state index is 0.0198. The van der Waals surface area contributed by atoms with Gasteiger partial charge in [0.15, 0.2) is 15.0 Å². The van der Waals surface area contributed by atoms with Crippen LogP contribution in [0.25, 0.3) is 0 Å². The minimum Gasteiger partial charge on any atom is -0.315 e. The van der Waals surface area contributed by atoms with Crippen LogP contribution in [0.15, 0.2) is 53.5 Å². The van der Waals surface area contributed by atoms with Crippen molar-refractivity contribution in [1.29, 1.82) is 0 Å². The van der Waals surface area contributed by atoms with Gasteiger partial charge in [-0.3, -0.25) is 4.79 Å². The summed E-state index contributed by atoms with van der Waals surface area (Å²) in [4.78, 5) is 18.4. The first kappa shape index (κ1) is 20.4. The average Bonchev–Trinajstić information content (AvgIpc) is 3.14. The molecule has 0 bridgehead atoms. The van der Waals surface area contributed by atoms with Gasteiger partial charge >= 0.3 is 0 Å². The van der Waals surface area contributed by atoms with E-state index in [1.165, 1.54) is 23.9 Å². The van der Waals surface area contributed by atoms with Crippen molar-refractivity contribution in [3.63, 3.8) is 0 Å². The maximum atomic E-state index is 14.0. The Balaban J connectivity index is 1.59. The summed E-state index contributed by atoms with van der Waals surface area (Å²) >= 11 is 7.05. The first-order valence-corrected chi connectivity index (χ1v) is 12.2. The fraction of sp³-hybridized carbons (Fsp3) is 0.300. The molecule has 0 radical (unpaired) electrons. The van der Waals surface area contributed by atoms with Crippen LogP contribution in [0.1, 0.15) is 12.0 Å². The first-order chi connectivity index (χ1) is 13.8. The molecule has 0 aromatic heterocycles. The third-order valence-electron chi connectivity index (χ3n) is 4.94. The summed E-state index contributed by atoms with van der Waals surface area (Å²) < 4.78 is 38.2. The van der Waals surface area contributed by atoms with E-state index in [4.69, 9.17) is 11.6 Å². The first-order valence-electron chi connectivity index (χ1n) is 9.09. The molecule has 0 unspecified atom stereocenters. The monoisotopic (exact) mass is 452 g/mol. The zero-order valence-corrected chi connectivity index (χ0v) is 17.7. The van der Waals surface area contributed by atoms with Gasteiger partial charge in [-0.25, -0.2) is 12.8 Å². The number of aliphatic imine (C=N–C) groups is 1. The van der Waals surface area contributed by atoms with Gasteiger partial charge in [0.2, 0.25) is 5.91 Å². The third-order valence-corrected chi connectivity index (χ3v) is 8.45. The maximum Gasteiger partial charge on any atom is 0.248 e. The number of fused-ring (bicyclic) bond motifs is 1. The van der Waals surface area contributed by atoms with Crippen molar-refractivity contribution in [2.75, 3.05) is 16.4 Å². The molecule has 2 saturated heterocycles. The Bertz CT molecular complexity index is 1080. The highest BCUT2D eigenvalue weighted by Crippen LogP contribution is 2.41. The third kappa shape index (κ3) is 4.49. The molecule has 29 heavy (non-hydrogen) atoms. The van der Waals surface area contributed by atoms with E-state index in [0.29, 0.717) is 17.3 Å². The van der Waals surface area contributed by atoms with Crippen LogP contribution >= 0.6 is 23.4 Å². The number of carbonyl (C=O) groups excluding carboxylic acids is 1. The molecule has 0 aliphatic carbocycles. The van der Waals surface area contributed by atoms with Crippen molar-refractivity contribution in [3.8, 4) is 0 Å². The second-order valence-corrected chi connectivity index (χ2v) is 10.8. The quantitative estimate of drug-likeness (QED) is 0.707. The molecular weight excluding hydrogens is 435 g/mol. The van der Waals surface area contributed by atoms with Crippen molar-refractivity contribution in [2.24, 2.45) is 4.99 Å². The Morgan fingerprint density at radius 2 is 1.97 bits per heavy atom. The number of sulfone groups is 1. The van der Waals surface area contributed by atoms with E-state index in [1.807, 2.05) is 30.3 Å². The average molecular weight is 453 g/mol. The fourth-order valence-electron chi connectivity index (χ4n) is 3.56. The van der Waals surface area contributed by atoms with Gasteiger partial charge in [0.1, 0.15) is 5.82 Å². The summed E-state index contributed by atoms with van der Waals surface area (Å²) in [6.07, 6.45) is 0.808. The normalized spacial score (nSPS) is 24.1. The predicted molar refractivity (Wildman–Crippen MR) is 115 cm³/mol. The molecule has 2 heterocycles. The molecule has 0 saturated carbocycles. The number of hydrogen-bond acceptors (Lipinski definition) is 4. The molecule has 152 valence electrons. The number of halogens is 2. The van der Waals surface area contributed by atoms with Crippen molar-refractivity contribution < 1.29 is 17.6 Å². The van der Waals surface area contributed by atoms with Crippen molar-refractivity contribution in [3.05, 3.63) is 64.9 Å². The van der Waals surface area contributed by atoms with Crippen molar-refractivity contribution >= 4 is 50.0 Å². The lowest BCUT2D eigenvalue weighted by Crippen LogP contribution is -2.37. The van der Waals surface area contributed by atoms with Gasteiger partial charge < -0.3 is 4.90 Å². The Morgan fingerprint density at radius 1 is 1.21 bits per heavy atom. The summed E-state index contributed by atoms with van der Waals surface area (Å²) in [6, 6.07) is 13.5. The van der Waals surface area contributed by atoms with Crippen LogP contribution < -0.4 is 4.90 Å². The number of benzene rings is 2. The second kappa shape index (κ2) is 8.08. The number of thioether (sulfide) groups is 1. The Labute approximate surface area is 177 Å². The lowest BCUT2D eigenvalue weighted by molar-refractivity contribution is -0.117. The van der Waals surface area contributed by atoms with Gasteiger partial charge in [-0.05, 0) is 30.2 Å². The van der Waals surface area contributed by atoms with E-state index in [1.54, 1.807) is 11.0 Å². The van der Waals surface area contributed by atoms with Gasteiger partial charge in [0.25, 0.3) is 0 Å². The molecule has 0 spiro atoms. The number of amides is 1. The zero-order valence-electron chi connectivity index (χ0n) is 15.3. The highest BCUT2D eigenvalue weighted by molar-refractivity contribution is 8.16. The van der Waals surface area contributed by atoms with Gasteiger partial charge in [0, 0.05) is 17.4 Å². The largest absolute Gasteiger partial charge is 0.315 e. The van der Waals surface area contributed by atoms with Crippen LogP contribution in [0.5, 0.6) is 0 Å². The van der Waals surface area contributed by atoms with Gasteiger partial charge in [-0.1, -0.05) is 53.7 Å². The second-order valence-electron chi connectivity index (χ2n) is 7.04. The lowest BCUT2D eigenvalue weighted by atomic mass is 10.1. The lowest BCUT2D eigenvalue weighted by Gasteiger charge is -2.24. The van der Waals surface area contributed by atoms with Gasteiger partial charge in [-0.2, -0.15) is 4.99 Å². The molecule has 2 fully saturated rings. The molecule has 0 N–H and O–H groups in total. The van der Waals surface area contributed by atoms with Crippen LogP contribution in [0, 0.1) is 5.82 Å². The molecule has 2 aromatic rings. The molecule has 9 heteroatoms. The van der Waals surface area contributed by atoms with Crippen LogP contribution in [0.3, 0.4) is 0 Å². The molecule has 2 aliphatic rings. The molecule has 2 aromatic carbocycles. The predicted octanol–water partition coefficient (Wildman–Crippen LogP) is 3.71. The SMILES string of the molecule is O=C(CCc1ccccc1)N=C1S[C@H]2CS(=O)(=O)C[C@H]2N1c1ccc(Cl)c(F)c1. The highest BCUT2D eigenvalue weighted by atomic mass is 35.5. The number of nitrogens with zero attached hydrogens (tertiary/aromatic N) is 2. The molecule has 4 rings (SSSR count). The van der Waals surface area contributed by atoms with Crippen molar-refractivity contribution in [1.82, 2.24) is 0 Å². The van der Waals surface area contributed by atoms with Crippen molar-refractivity contribution in [2.45, 2.75) is 24.1 Å². The van der Waals surface area contributed by atoms with E-state index in [9.17, 15) is 17.6 Å². The number of rotatable bonds is 4. The number of amidine groups is 1. The maximum absolute atomic E-state index is 14.0. The van der Waals surface area contributed by atoms with Crippen LogP contribution in [0.2, 0.25) is 5.02 Å². The Morgan fingerprint density at radius 3 is 2.69 bits per heavy atom. The Hall–Kier alpha value is -1.90. The molecule has 2 aliphatic heterocycles. The van der Waals surface area contributed by atoms with E-state index in [-0.39, 0.29) is 40.1 Å². The molecule has 5 nitrogen and oxygen atoms in total. The van der Waals surface area contributed by atoms with E-state index < -0.39 is 15.7 Å². The summed E-state index contributed by atoms with van der Waals surface area (Å²) in [6.45, 7) is 0. The number of anilines is 1. The molecular formula is C20H18ClFN2O3S2. The standard InChI is InChI=1S/C20H18ClFN2O3S2/c21-15-8-7-14(10-16(15)22)24-17-11-29(26,27)12-18(17)28-20(24)23-19(25)9-6-13-4-2-1-3-5-13/h1-5,7-8,10,17-18H,6,9,11-12H2/t17-,18+/m1/s1. The van der Waals surface area contributed by atoms with E-state index in [0.717, 1.165) is 5.56 Å². The summed E-state index contributed by atoms with van der Waals surface area (Å²) in [5, 5.41) is 0.155. The van der Waals surface area contributed by atoms with Crippen LogP contribution in [0.4, 0.5) is 10.1 Å². The van der Waals surface area contributed by atoms with E-state index in [2.05, 4.69) is 4.99 Å². The topological polar surface area (TPSA) is 66.8 Å². The van der Waals surface area contributed by atoms with Gasteiger partial charge in [-0.15, -0.1) is 0 Å². The highest BCUT2D eigenvalue weighted by Gasteiger charge is 2.49. The summed E-state index contributed by atoms with van der Waals surface area (Å²) in [5.74, 6) is -0.926. The Kier molecular flexibility index (Phi) is 5.68. The number of hydrogen-bond donors (Lipinski definition) is 0. The fourth-order valence-corrected chi connectivity index (χ4v) is 7.61. The van der Waals surface area contributed by atoms with Crippen LogP contribution in [-0.2, 0) is 21.1 Å². The summed E-state index contributed by atoms with van der Waals surface area (Å²) in [5.41, 5.74) is 1.48. The number of aryl methyl sites for hydroxylation is 1. The smallest absolute Gasteiger partial charge is 0.248 e. The minimum atomic E-state index is -3.19. The van der Waals surface area contributed by atoms with Crippen LogP contribution in [-0.4, -0.2) is 42.3 Å². The number of carbonyl (C=O) groups is 1. The van der Waals surface area contributed by atoms with E-state index >= 15 is 0 Å². The molecule has 2 atom stereocenters. The summed E-state index contributed by atoms with van der Waals surface area (Å²) in [7, 11) is -3.19. The van der Waals surface area contributed by atoms with Gasteiger partial charge in [0.05, 0.1) is 22.6 Å². The zero-order chi connectivity index (χ0) is 20.6.